The minimum absolute atomic E-state index is 0.0956. The van der Waals surface area contributed by atoms with Crippen molar-refractivity contribution in [2.75, 3.05) is 6.61 Å². The zero-order valence-corrected chi connectivity index (χ0v) is 15.1. The number of carbonyl (C=O) groups is 2. The Kier molecular flexibility index (Phi) is 10.9. The molecule has 1 rings (SSSR count). The molecule has 4 nitrogen and oxygen atoms in total. The van der Waals surface area contributed by atoms with E-state index in [2.05, 4.69) is 0 Å². The van der Waals surface area contributed by atoms with Gasteiger partial charge in [-0.1, -0.05) is 44.2 Å². The number of carbonyl (C=O) groups excluding carboxylic acids is 2. The SMILES string of the molecule is CCCOC(=O)CCCCCCCCC(=O)Oc1ccc(Cl)cc1. The van der Waals surface area contributed by atoms with Crippen LogP contribution in [0.15, 0.2) is 24.3 Å². The molecule has 0 unspecified atom stereocenters. The van der Waals surface area contributed by atoms with E-state index < -0.39 is 0 Å². The summed E-state index contributed by atoms with van der Waals surface area (Å²) >= 11 is 5.78. The zero-order valence-electron chi connectivity index (χ0n) is 14.4. The molecule has 0 bridgehead atoms. The molecule has 0 radical (unpaired) electrons. The summed E-state index contributed by atoms with van der Waals surface area (Å²) in [5, 5.41) is 0.619. The Morgan fingerprint density at radius 3 is 2.00 bits per heavy atom. The summed E-state index contributed by atoms with van der Waals surface area (Å²) in [4.78, 5) is 23.0. The molecule has 1 aromatic rings. The maximum Gasteiger partial charge on any atom is 0.311 e. The Bertz CT molecular complexity index is 485. The van der Waals surface area contributed by atoms with Gasteiger partial charge in [0.25, 0.3) is 0 Å². The van der Waals surface area contributed by atoms with Crippen LogP contribution in [0.1, 0.15) is 64.7 Å². The van der Waals surface area contributed by atoms with Crippen molar-refractivity contribution in [1.29, 1.82) is 0 Å². The second kappa shape index (κ2) is 12.8. The molecule has 0 fully saturated rings. The Morgan fingerprint density at radius 2 is 1.42 bits per heavy atom. The van der Waals surface area contributed by atoms with Gasteiger partial charge in [0.15, 0.2) is 0 Å². The minimum atomic E-state index is -0.212. The van der Waals surface area contributed by atoms with Gasteiger partial charge in [-0.2, -0.15) is 0 Å². The highest BCUT2D eigenvalue weighted by Crippen LogP contribution is 2.16. The second-order valence-corrected chi connectivity index (χ2v) is 6.21. The van der Waals surface area contributed by atoms with Crippen molar-refractivity contribution < 1.29 is 19.1 Å². The largest absolute Gasteiger partial charge is 0.466 e. The number of hydrogen-bond acceptors (Lipinski definition) is 4. The summed E-state index contributed by atoms with van der Waals surface area (Å²) in [6.07, 6.45) is 7.66. The number of unbranched alkanes of at least 4 members (excludes halogenated alkanes) is 5. The molecule has 0 heterocycles. The summed E-state index contributed by atoms with van der Waals surface area (Å²) in [6.45, 7) is 2.50. The third-order valence-electron chi connectivity index (χ3n) is 3.52. The number of ether oxygens (including phenoxy) is 2. The lowest BCUT2D eigenvalue weighted by Crippen LogP contribution is -2.07. The maximum absolute atomic E-state index is 11.7. The average molecular weight is 355 g/mol. The predicted octanol–water partition coefficient (Wildman–Crippen LogP) is 5.32. The first kappa shape index (κ1) is 20.5. The van der Waals surface area contributed by atoms with E-state index in [1.807, 2.05) is 6.92 Å². The molecule has 5 heteroatoms. The summed E-state index contributed by atoms with van der Waals surface area (Å²) in [5.74, 6) is 0.220. The van der Waals surface area contributed by atoms with E-state index in [1.165, 1.54) is 0 Å². The van der Waals surface area contributed by atoms with Crippen molar-refractivity contribution in [1.82, 2.24) is 0 Å². The fourth-order valence-corrected chi connectivity index (χ4v) is 2.34. The summed E-state index contributed by atoms with van der Waals surface area (Å²) < 4.78 is 10.2. The van der Waals surface area contributed by atoms with E-state index in [0.29, 0.717) is 30.2 Å². The van der Waals surface area contributed by atoms with E-state index in [4.69, 9.17) is 21.1 Å². The van der Waals surface area contributed by atoms with Crippen LogP contribution in [0.5, 0.6) is 5.75 Å². The van der Waals surface area contributed by atoms with Crippen LogP contribution in [-0.2, 0) is 14.3 Å². The maximum atomic E-state index is 11.7. The molecule has 0 atom stereocenters. The fraction of sp³-hybridized carbons (Fsp3) is 0.579. The lowest BCUT2D eigenvalue weighted by molar-refractivity contribution is -0.143. The number of benzene rings is 1. The first-order chi connectivity index (χ1) is 11.6. The van der Waals surface area contributed by atoms with Crippen LogP contribution in [0.2, 0.25) is 5.02 Å². The first-order valence-corrected chi connectivity index (χ1v) is 9.11. The number of halogens is 1. The predicted molar refractivity (Wildman–Crippen MR) is 95.3 cm³/mol. The monoisotopic (exact) mass is 354 g/mol. The molecule has 0 saturated carbocycles. The molecular weight excluding hydrogens is 328 g/mol. The Morgan fingerprint density at radius 1 is 0.875 bits per heavy atom. The number of hydrogen-bond donors (Lipinski definition) is 0. The van der Waals surface area contributed by atoms with Crippen molar-refractivity contribution in [2.45, 2.75) is 64.7 Å². The van der Waals surface area contributed by atoms with Crippen LogP contribution in [0.25, 0.3) is 0 Å². The highest BCUT2D eigenvalue weighted by Gasteiger charge is 2.05. The third-order valence-corrected chi connectivity index (χ3v) is 3.78. The standard InChI is InChI=1S/C19H27ClO4/c1-2-15-23-18(21)9-7-5-3-4-6-8-10-19(22)24-17-13-11-16(20)12-14-17/h11-14H,2-10,15H2,1H3. The van der Waals surface area contributed by atoms with Gasteiger partial charge in [0.2, 0.25) is 0 Å². The minimum Gasteiger partial charge on any atom is -0.466 e. The molecule has 1 aromatic carbocycles. The molecule has 0 N–H and O–H groups in total. The number of rotatable bonds is 12. The molecule has 0 amide bonds. The van der Waals surface area contributed by atoms with Gasteiger partial charge < -0.3 is 9.47 Å². The van der Waals surface area contributed by atoms with E-state index in [9.17, 15) is 9.59 Å². The average Bonchev–Trinajstić information content (AvgIpc) is 2.57. The van der Waals surface area contributed by atoms with Gasteiger partial charge in [-0.25, -0.2) is 0 Å². The lowest BCUT2D eigenvalue weighted by atomic mass is 10.1. The normalized spacial score (nSPS) is 10.4. The molecule has 0 aliphatic carbocycles. The van der Waals surface area contributed by atoms with Gasteiger partial charge in [0.05, 0.1) is 6.61 Å². The molecule has 134 valence electrons. The Hall–Kier alpha value is -1.55. The lowest BCUT2D eigenvalue weighted by Gasteiger charge is -2.05. The fourth-order valence-electron chi connectivity index (χ4n) is 2.22. The summed E-state index contributed by atoms with van der Waals surface area (Å²) in [6, 6.07) is 6.77. The molecule has 0 aliphatic heterocycles. The highest BCUT2D eigenvalue weighted by molar-refractivity contribution is 6.30. The topological polar surface area (TPSA) is 52.6 Å². The van der Waals surface area contributed by atoms with Crippen LogP contribution in [-0.4, -0.2) is 18.5 Å². The van der Waals surface area contributed by atoms with E-state index in [0.717, 1.165) is 44.9 Å². The van der Waals surface area contributed by atoms with Crippen LogP contribution >= 0.6 is 11.6 Å². The van der Waals surface area contributed by atoms with Gasteiger partial charge in [-0.05, 0) is 43.5 Å². The van der Waals surface area contributed by atoms with E-state index in [1.54, 1.807) is 24.3 Å². The van der Waals surface area contributed by atoms with Crippen molar-refractivity contribution in [3.8, 4) is 5.75 Å². The first-order valence-electron chi connectivity index (χ1n) is 8.73. The van der Waals surface area contributed by atoms with Crippen LogP contribution < -0.4 is 4.74 Å². The van der Waals surface area contributed by atoms with Gasteiger partial charge >= 0.3 is 11.9 Å². The molecule has 0 aromatic heterocycles. The zero-order chi connectivity index (χ0) is 17.6. The van der Waals surface area contributed by atoms with Gasteiger partial charge in [0.1, 0.15) is 5.75 Å². The van der Waals surface area contributed by atoms with Crippen LogP contribution in [0.4, 0.5) is 0 Å². The van der Waals surface area contributed by atoms with Gasteiger partial charge in [0, 0.05) is 17.9 Å². The Balaban J connectivity index is 1.95. The van der Waals surface area contributed by atoms with Crippen molar-refractivity contribution in [3.63, 3.8) is 0 Å². The summed E-state index contributed by atoms with van der Waals surface area (Å²) in [5.41, 5.74) is 0. The van der Waals surface area contributed by atoms with Crippen molar-refractivity contribution >= 4 is 23.5 Å². The number of esters is 2. The van der Waals surface area contributed by atoms with Crippen LogP contribution in [0, 0.1) is 0 Å². The van der Waals surface area contributed by atoms with E-state index >= 15 is 0 Å². The second-order valence-electron chi connectivity index (χ2n) is 5.77. The molecule has 0 spiro atoms. The molecule has 24 heavy (non-hydrogen) atoms. The quantitative estimate of drug-likeness (QED) is 0.289. The van der Waals surface area contributed by atoms with Gasteiger partial charge in [-0.3, -0.25) is 9.59 Å². The third kappa shape index (κ3) is 10.3. The Labute approximate surface area is 149 Å². The smallest absolute Gasteiger partial charge is 0.311 e. The highest BCUT2D eigenvalue weighted by atomic mass is 35.5. The molecular formula is C19H27ClO4. The van der Waals surface area contributed by atoms with Crippen LogP contribution in [0.3, 0.4) is 0 Å². The molecule has 0 saturated heterocycles. The summed E-state index contributed by atoms with van der Waals surface area (Å²) in [7, 11) is 0. The van der Waals surface area contributed by atoms with Gasteiger partial charge in [-0.15, -0.1) is 0 Å². The van der Waals surface area contributed by atoms with E-state index in [-0.39, 0.29) is 11.9 Å². The van der Waals surface area contributed by atoms with Crippen molar-refractivity contribution in [3.05, 3.63) is 29.3 Å². The molecule has 0 aliphatic rings. The van der Waals surface area contributed by atoms with Crippen molar-refractivity contribution in [2.24, 2.45) is 0 Å².